The van der Waals surface area contributed by atoms with Gasteiger partial charge in [0.15, 0.2) is 5.82 Å². The van der Waals surface area contributed by atoms with E-state index in [-0.39, 0.29) is 35.7 Å². The highest BCUT2D eigenvalue weighted by Gasteiger charge is 2.55. The molecule has 4 fully saturated rings. The summed E-state index contributed by atoms with van der Waals surface area (Å²) in [6, 6.07) is 4.30. The Labute approximate surface area is 212 Å². The van der Waals surface area contributed by atoms with Crippen molar-refractivity contribution in [1.82, 2.24) is 19.4 Å². The number of aromatic nitrogens is 2. The van der Waals surface area contributed by atoms with Crippen LogP contribution < -0.4 is 4.74 Å². The molecular formula is C26H30BrFN4O3. The lowest BCUT2D eigenvalue weighted by molar-refractivity contribution is 0.118. The SMILES string of the molecule is Cc1cc2c(nc(O[C@@H](C)[C@@H]3CCCN3C)c3cc(C)n([C@H]4[C@@H]5C[C@H]4N(C(=O)O)C5)c32)c(F)c1Br. The van der Waals surface area contributed by atoms with Gasteiger partial charge < -0.3 is 19.3 Å². The Morgan fingerprint density at radius 3 is 2.74 bits per heavy atom. The van der Waals surface area contributed by atoms with Gasteiger partial charge in [0, 0.05) is 29.6 Å². The van der Waals surface area contributed by atoms with E-state index >= 15 is 4.39 Å². The van der Waals surface area contributed by atoms with E-state index in [9.17, 15) is 9.90 Å². The number of benzene rings is 1. The first kappa shape index (κ1) is 23.0. The Morgan fingerprint density at radius 1 is 1.31 bits per heavy atom. The number of rotatable bonds is 4. The Kier molecular flexibility index (Phi) is 5.31. The predicted molar refractivity (Wildman–Crippen MR) is 136 cm³/mol. The van der Waals surface area contributed by atoms with E-state index < -0.39 is 11.9 Å². The molecule has 2 aromatic heterocycles. The van der Waals surface area contributed by atoms with Crippen molar-refractivity contribution in [1.29, 1.82) is 0 Å². The molecule has 4 aliphatic rings. The molecule has 5 atom stereocenters. The van der Waals surface area contributed by atoms with Gasteiger partial charge in [0.1, 0.15) is 11.6 Å². The van der Waals surface area contributed by atoms with Crippen LogP contribution in [0.25, 0.3) is 21.8 Å². The highest BCUT2D eigenvalue weighted by atomic mass is 79.9. The van der Waals surface area contributed by atoms with Crippen molar-refractivity contribution in [3.8, 4) is 5.88 Å². The van der Waals surface area contributed by atoms with E-state index in [4.69, 9.17) is 9.72 Å². The Hall–Kier alpha value is -2.39. The fourth-order valence-corrected chi connectivity index (χ4v) is 7.04. The third-order valence-electron chi connectivity index (χ3n) is 8.50. The van der Waals surface area contributed by atoms with Crippen LogP contribution in [-0.2, 0) is 0 Å². The van der Waals surface area contributed by atoms with Crippen LogP contribution in [0.15, 0.2) is 16.6 Å². The number of halogens is 2. The number of fused-ring (bicyclic) bond motifs is 4. The van der Waals surface area contributed by atoms with Crippen molar-refractivity contribution in [3.05, 3.63) is 33.7 Å². The van der Waals surface area contributed by atoms with Crippen molar-refractivity contribution >= 4 is 43.8 Å². The maximum atomic E-state index is 15.6. The molecule has 5 heterocycles. The molecule has 3 saturated heterocycles. The van der Waals surface area contributed by atoms with Gasteiger partial charge in [0.05, 0.1) is 27.5 Å². The lowest BCUT2D eigenvalue weighted by atomic mass is 9.79. The molecule has 1 aromatic carbocycles. The molecule has 186 valence electrons. The highest BCUT2D eigenvalue weighted by molar-refractivity contribution is 9.10. The fraction of sp³-hybridized carbons (Fsp3) is 0.538. The molecule has 1 saturated carbocycles. The summed E-state index contributed by atoms with van der Waals surface area (Å²) in [6.45, 7) is 7.56. The number of carbonyl (C=O) groups is 1. The zero-order chi connectivity index (χ0) is 24.8. The number of pyridine rings is 1. The average Bonchev–Trinajstić information content (AvgIpc) is 3.56. The maximum Gasteiger partial charge on any atom is 0.407 e. The van der Waals surface area contributed by atoms with Crippen molar-refractivity contribution in [2.75, 3.05) is 20.1 Å². The molecule has 0 radical (unpaired) electrons. The van der Waals surface area contributed by atoms with Gasteiger partial charge in [0.2, 0.25) is 5.88 Å². The van der Waals surface area contributed by atoms with Gasteiger partial charge >= 0.3 is 6.09 Å². The fourth-order valence-electron chi connectivity index (χ4n) is 6.74. The number of hydrogen-bond donors (Lipinski definition) is 1. The second-order valence-corrected chi connectivity index (χ2v) is 11.3. The molecule has 0 spiro atoms. The number of likely N-dealkylation sites (tertiary alicyclic amines) is 1. The van der Waals surface area contributed by atoms with Crippen LogP contribution >= 0.6 is 15.9 Å². The summed E-state index contributed by atoms with van der Waals surface area (Å²) in [6.07, 6.45) is 2.09. The van der Waals surface area contributed by atoms with Crippen molar-refractivity contribution in [2.24, 2.45) is 5.92 Å². The monoisotopic (exact) mass is 544 g/mol. The second-order valence-electron chi connectivity index (χ2n) is 10.6. The average molecular weight is 545 g/mol. The van der Waals surface area contributed by atoms with Crippen LogP contribution in [0.4, 0.5) is 9.18 Å². The molecule has 0 unspecified atom stereocenters. The first-order valence-corrected chi connectivity index (χ1v) is 13.1. The smallest absolute Gasteiger partial charge is 0.407 e. The van der Waals surface area contributed by atoms with Gasteiger partial charge in [-0.15, -0.1) is 0 Å². The predicted octanol–water partition coefficient (Wildman–Crippen LogP) is 5.49. The van der Waals surface area contributed by atoms with Crippen LogP contribution in [0.2, 0.25) is 0 Å². The topological polar surface area (TPSA) is 70.8 Å². The van der Waals surface area contributed by atoms with E-state index in [1.54, 1.807) is 4.90 Å². The first-order valence-electron chi connectivity index (χ1n) is 12.3. The van der Waals surface area contributed by atoms with E-state index in [0.717, 1.165) is 53.4 Å². The molecule has 3 aromatic rings. The zero-order valence-electron chi connectivity index (χ0n) is 20.4. The van der Waals surface area contributed by atoms with Gasteiger partial charge in [0.25, 0.3) is 0 Å². The number of nitrogens with zero attached hydrogens (tertiary/aromatic N) is 4. The Balaban J connectivity index is 1.55. The standard InChI is InChI=1S/C26H30BrFN4O3/c1-12-8-16-22(21(28)20(12)27)29-25(35-14(3)18-6-5-7-30(18)4)17-9-13(2)32(24(16)17)23-15-10-19(23)31(11-15)26(33)34/h8-9,14-15,18-19,23H,5-7,10-11H2,1-4H3,(H,33,34)/t14-,15+,18-,19+,23-/m0/s1. The second kappa shape index (κ2) is 8.06. The van der Waals surface area contributed by atoms with E-state index in [1.165, 1.54) is 0 Å². The minimum Gasteiger partial charge on any atom is -0.472 e. The van der Waals surface area contributed by atoms with Gasteiger partial charge in [-0.2, -0.15) is 0 Å². The molecule has 7 nitrogen and oxygen atoms in total. The largest absolute Gasteiger partial charge is 0.472 e. The van der Waals surface area contributed by atoms with Gasteiger partial charge in [-0.1, -0.05) is 0 Å². The molecule has 1 amide bonds. The van der Waals surface area contributed by atoms with Crippen LogP contribution in [0, 0.1) is 25.6 Å². The number of hydrogen-bond acceptors (Lipinski definition) is 4. The molecule has 7 rings (SSSR count). The lowest BCUT2D eigenvalue weighted by Gasteiger charge is -2.38. The highest BCUT2D eigenvalue weighted by Crippen LogP contribution is 2.52. The van der Waals surface area contributed by atoms with Crippen LogP contribution in [0.5, 0.6) is 5.88 Å². The van der Waals surface area contributed by atoms with Crippen LogP contribution in [0.3, 0.4) is 0 Å². The van der Waals surface area contributed by atoms with E-state index in [2.05, 4.69) is 45.4 Å². The summed E-state index contributed by atoms with van der Waals surface area (Å²) in [5, 5.41) is 11.3. The maximum absolute atomic E-state index is 15.6. The van der Waals surface area contributed by atoms with Crippen molar-refractivity contribution in [2.45, 2.75) is 64.3 Å². The van der Waals surface area contributed by atoms with Gasteiger partial charge in [-0.25, -0.2) is 14.2 Å². The first-order chi connectivity index (χ1) is 16.7. The van der Waals surface area contributed by atoms with Crippen molar-refractivity contribution in [3.63, 3.8) is 0 Å². The van der Waals surface area contributed by atoms with E-state index in [0.29, 0.717) is 16.9 Å². The van der Waals surface area contributed by atoms with Crippen molar-refractivity contribution < 1.29 is 19.0 Å². The van der Waals surface area contributed by atoms with Crippen LogP contribution in [-0.4, -0.2) is 68.9 Å². The minimum absolute atomic E-state index is 0.0347. The minimum atomic E-state index is -0.870. The Morgan fingerprint density at radius 2 is 2.09 bits per heavy atom. The van der Waals surface area contributed by atoms with Gasteiger partial charge in [-0.3, -0.25) is 4.90 Å². The summed E-state index contributed by atoms with van der Waals surface area (Å²) >= 11 is 3.39. The molecule has 2 bridgehead atoms. The quantitative estimate of drug-likeness (QED) is 0.470. The third-order valence-corrected chi connectivity index (χ3v) is 9.48. The molecule has 3 aliphatic heterocycles. The number of likely N-dealkylation sites (N-methyl/N-ethyl adjacent to an activating group) is 1. The summed E-state index contributed by atoms with van der Waals surface area (Å²) in [5.41, 5.74) is 2.97. The molecule has 1 N–H and O–H groups in total. The molecule has 1 aliphatic carbocycles. The number of aryl methyl sites for hydroxylation is 2. The third kappa shape index (κ3) is 3.30. The Bertz CT molecular complexity index is 1370. The number of amides is 1. The summed E-state index contributed by atoms with van der Waals surface area (Å²) in [4.78, 5) is 20.4. The normalized spacial score (nSPS) is 27.1. The number of ether oxygens (including phenoxy) is 1. The molecule has 35 heavy (non-hydrogen) atoms. The molecule has 9 heteroatoms. The summed E-state index contributed by atoms with van der Waals surface area (Å²) in [5.74, 6) is 0.301. The lowest BCUT2D eigenvalue weighted by Crippen LogP contribution is -2.42. The van der Waals surface area contributed by atoms with Gasteiger partial charge in [-0.05, 0) is 87.3 Å². The zero-order valence-corrected chi connectivity index (χ0v) is 22.0. The summed E-state index contributed by atoms with van der Waals surface area (Å²) in [7, 11) is 2.11. The molecular weight excluding hydrogens is 515 g/mol. The van der Waals surface area contributed by atoms with E-state index in [1.807, 2.05) is 19.9 Å². The summed E-state index contributed by atoms with van der Waals surface area (Å²) < 4.78 is 24.7. The van der Waals surface area contributed by atoms with Crippen LogP contribution in [0.1, 0.15) is 43.5 Å². The number of carboxylic acid groups (broad SMARTS) is 1.